The summed E-state index contributed by atoms with van der Waals surface area (Å²) in [4.78, 5) is 29.9. The molecule has 0 saturated heterocycles. The molecule has 1 N–H and O–H groups in total. The Morgan fingerprint density at radius 1 is 0.950 bits per heavy atom. The maximum Gasteiger partial charge on any atom is 0.249 e. The molecule has 5 rings (SSSR count). The lowest BCUT2D eigenvalue weighted by Crippen LogP contribution is -2.47. The second-order valence-corrected chi connectivity index (χ2v) is 9.71. The molecule has 1 aromatic heterocycles. The smallest absolute Gasteiger partial charge is 0.249 e. The van der Waals surface area contributed by atoms with E-state index in [0.717, 1.165) is 25.7 Å². The van der Waals surface area contributed by atoms with Crippen molar-refractivity contribution in [1.29, 1.82) is 0 Å². The van der Waals surface area contributed by atoms with Gasteiger partial charge in [0.1, 0.15) is 35.4 Å². The molecule has 4 aromatic rings. The summed E-state index contributed by atoms with van der Waals surface area (Å²) >= 11 is 0. The first kappa shape index (κ1) is 27.0. The summed E-state index contributed by atoms with van der Waals surface area (Å²) in [6.45, 7) is -0.146. The molecule has 1 fully saturated rings. The molecular weight excluding hydrogens is 510 g/mol. The van der Waals surface area contributed by atoms with Crippen LogP contribution in [0.5, 0.6) is 17.2 Å². The minimum Gasteiger partial charge on any atom is -0.497 e. The average Bonchev–Trinajstić information content (AvgIpc) is 3.65. The summed E-state index contributed by atoms with van der Waals surface area (Å²) in [5.74, 6) is 0.872. The highest BCUT2D eigenvalue weighted by atomic mass is 16.5. The van der Waals surface area contributed by atoms with E-state index in [0.29, 0.717) is 39.5 Å². The standard InChI is InChI=1S/C30H33N5O5/c1-38-22-12-8-9-20(17-22)29(30(37)31-21-10-4-5-11-21)35(26-16-15-23(39-2)18-27(26)40-3)28(36)19-34-25-14-7-6-13-24(25)32-33-34/h6-9,12-18,21,29H,4-5,10-11,19H2,1-3H3,(H,31,37)/t29-/m1/s1. The number of methoxy groups -OCH3 is 3. The SMILES string of the molecule is COc1cccc([C@H](C(=O)NC2CCCC2)N(C(=O)Cn2nnc3ccccc32)c2ccc(OC)cc2OC)c1. The van der Waals surface area contributed by atoms with Crippen LogP contribution in [0, 0.1) is 0 Å². The maximum atomic E-state index is 14.3. The number of para-hydroxylation sites is 1. The second kappa shape index (κ2) is 12.1. The third kappa shape index (κ3) is 5.56. The van der Waals surface area contributed by atoms with Crippen molar-refractivity contribution in [2.45, 2.75) is 44.3 Å². The van der Waals surface area contributed by atoms with Gasteiger partial charge in [0.25, 0.3) is 0 Å². The normalized spacial score (nSPS) is 14.1. The molecule has 3 aromatic carbocycles. The molecular formula is C30H33N5O5. The highest BCUT2D eigenvalue weighted by molar-refractivity contribution is 6.02. The molecule has 2 amide bonds. The van der Waals surface area contributed by atoms with Crippen LogP contribution in [0.4, 0.5) is 5.69 Å². The van der Waals surface area contributed by atoms with Crippen LogP contribution >= 0.6 is 0 Å². The number of anilines is 1. The fourth-order valence-corrected chi connectivity index (χ4v) is 5.22. The molecule has 1 heterocycles. The minimum absolute atomic E-state index is 0.0505. The lowest BCUT2D eigenvalue weighted by Gasteiger charge is -2.33. The van der Waals surface area contributed by atoms with Gasteiger partial charge in [-0.2, -0.15) is 0 Å². The molecule has 0 bridgehead atoms. The summed E-state index contributed by atoms with van der Waals surface area (Å²) in [5.41, 5.74) is 2.41. The molecule has 1 aliphatic rings. The summed E-state index contributed by atoms with van der Waals surface area (Å²) < 4.78 is 18.1. The van der Waals surface area contributed by atoms with E-state index in [1.165, 1.54) is 16.7 Å². The maximum absolute atomic E-state index is 14.3. The van der Waals surface area contributed by atoms with Crippen LogP contribution in [0.2, 0.25) is 0 Å². The molecule has 208 valence electrons. The number of nitrogens with one attached hydrogen (secondary N) is 1. The minimum atomic E-state index is -1.01. The highest BCUT2D eigenvalue weighted by Crippen LogP contribution is 2.38. The van der Waals surface area contributed by atoms with Crippen LogP contribution in [-0.4, -0.2) is 54.2 Å². The Morgan fingerprint density at radius 3 is 2.45 bits per heavy atom. The van der Waals surface area contributed by atoms with E-state index in [1.807, 2.05) is 36.4 Å². The first-order chi connectivity index (χ1) is 19.5. The number of amides is 2. The van der Waals surface area contributed by atoms with Gasteiger partial charge in [-0.1, -0.05) is 42.3 Å². The highest BCUT2D eigenvalue weighted by Gasteiger charge is 2.36. The summed E-state index contributed by atoms with van der Waals surface area (Å²) in [7, 11) is 4.64. The molecule has 1 aliphatic carbocycles. The fraction of sp³-hybridized carbons (Fsp3) is 0.333. The van der Waals surface area contributed by atoms with Crippen molar-refractivity contribution >= 4 is 28.5 Å². The van der Waals surface area contributed by atoms with Crippen molar-refractivity contribution in [3.05, 3.63) is 72.3 Å². The Hall–Kier alpha value is -4.60. The zero-order valence-electron chi connectivity index (χ0n) is 22.9. The lowest BCUT2D eigenvalue weighted by molar-refractivity contribution is -0.127. The van der Waals surface area contributed by atoms with Crippen LogP contribution in [0.3, 0.4) is 0 Å². The van der Waals surface area contributed by atoms with E-state index in [9.17, 15) is 9.59 Å². The summed E-state index contributed by atoms with van der Waals surface area (Å²) in [6, 6.07) is 18.8. The zero-order valence-corrected chi connectivity index (χ0v) is 22.9. The van der Waals surface area contributed by atoms with Crippen molar-refractivity contribution in [2.75, 3.05) is 26.2 Å². The number of carbonyl (C=O) groups is 2. The van der Waals surface area contributed by atoms with E-state index in [-0.39, 0.29) is 24.4 Å². The number of ether oxygens (including phenoxy) is 3. The van der Waals surface area contributed by atoms with Gasteiger partial charge in [0.15, 0.2) is 0 Å². The number of carbonyl (C=O) groups excluding carboxylic acids is 2. The van der Waals surface area contributed by atoms with Gasteiger partial charge in [-0.15, -0.1) is 5.10 Å². The Kier molecular flexibility index (Phi) is 8.14. The van der Waals surface area contributed by atoms with Gasteiger partial charge in [0, 0.05) is 12.1 Å². The number of benzene rings is 3. The van der Waals surface area contributed by atoms with Gasteiger partial charge in [0.2, 0.25) is 11.8 Å². The van der Waals surface area contributed by atoms with Crippen LogP contribution in [0.1, 0.15) is 37.3 Å². The van der Waals surface area contributed by atoms with Gasteiger partial charge < -0.3 is 19.5 Å². The largest absolute Gasteiger partial charge is 0.497 e. The first-order valence-electron chi connectivity index (χ1n) is 13.3. The fourth-order valence-electron chi connectivity index (χ4n) is 5.22. The number of rotatable bonds is 10. The Labute approximate surface area is 232 Å². The quantitative estimate of drug-likeness (QED) is 0.318. The van der Waals surface area contributed by atoms with E-state index >= 15 is 0 Å². The lowest BCUT2D eigenvalue weighted by atomic mass is 10.0. The van der Waals surface area contributed by atoms with Crippen molar-refractivity contribution in [3.63, 3.8) is 0 Å². The topological polar surface area (TPSA) is 108 Å². The monoisotopic (exact) mass is 543 g/mol. The zero-order chi connectivity index (χ0) is 28.1. The number of hydrogen-bond acceptors (Lipinski definition) is 7. The van der Waals surface area contributed by atoms with E-state index in [2.05, 4.69) is 15.6 Å². The predicted molar refractivity (Wildman–Crippen MR) is 151 cm³/mol. The van der Waals surface area contributed by atoms with Gasteiger partial charge in [-0.3, -0.25) is 14.5 Å². The predicted octanol–water partition coefficient (Wildman–Crippen LogP) is 4.29. The Morgan fingerprint density at radius 2 is 1.70 bits per heavy atom. The van der Waals surface area contributed by atoms with Crippen molar-refractivity contribution in [2.24, 2.45) is 0 Å². The number of aromatic nitrogens is 3. The molecule has 10 heteroatoms. The van der Waals surface area contributed by atoms with Crippen LogP contribution in [0.25, 0.3) is 11.0 Å². The number of nitrogens with zero attached hydrogens (tertiary/aromatic N) is 4. The van der Waals surface area contributed by atoms with E-state index in [4.69, 9.17) is 14.2 Å². The Bertz CT molecular complexity index is 1500. The molecule has 40 heavy (non-hydrogen) atoms. The number of fused-ring (bicyclic) bond motifs is 1. The Balaban J connectivity index is 1.64. The van der Waals surface area contributed by atoms with E-state index in [1.54, 1.807) is 44.6 Å². The third-order valence-electron chi connectivity index (χ3n) is 7.24. The molecule has 1 saturated carbocycles. The van der Waals surface area contributed by atoms with Crippen LogP contribution in [-0.2, 0) is 16.1 Å². The van der Waals surface area contributed by atoms with Crippen molar-refractivity contribution in [3.8, 4) is 17.2 Å². The second-order valence-electron chi connectivity index (χ2n) is 9.71. The average molecular weight is 544 g/mol. The summed E-state index contributed by atoms with van der Waals surface area (Å²) in [5, 5.41) is 11.6. The van der Waals surface area contributed by atoms with Crippen molar-refractivity contribution in [1.82, 2.24) is 20.3 Å². The third-order valence-corrected chi connectivity index (χ3v) is 7.24. The molecule has 1 atom stereocenters. The molecule has 10 nitrogen and oxygen atoms in total. The number of hydrogen-bond donors (Lipinski definition) is 1. The van der Waals surface area contributed by atoms with Gasteiger partial charge in [0.05, 0.1) is 32.5 Å². The molecule has 0 spiro atoms. The molecule has 0 radical (unpaired) electrons. The van der Waals surface area contributed by atoms with Gasteiger partial charge >= 0.3 is 0 Å². The molecule has 0 unspecified atom stereocenters. The first-order valence-corrected chi connectivity index (χ1v) is 13.3. The van der Waals surface area contributed by atoms with E-state index < -0.39 is 6.04 Å². The summed E-state index contributed by atoms with van der Waals surface area (Å²) in [6.07, 6.45) is 3.93. The van der Waals surface area contributed by atoms with Crippen LogP contribution < -0.4 is 24.4 Å². The van der Waals surface area contributed by atoms with Crippen LogP contribution in [0.15, 0.2) is 66.7 Å². The van der Waals surface area contributed by atoms with Gasteiger partial charge in [-0.25, -0.2) is 4.68 Å². The van der Waals surface area contributed by atoms with Crippen molar-refractivity contribution < 1.29 is 23.8 Å². The molecule has 0 aliphatic heterocycles. The van der Waals surface area contributed by atoms with Gasteiger partial charge in [-0.05, 0) is 54.8 Å².